The van der Waals surface area contributed by atoms with Crippen LogP contribution in [0, 0.1) is 0 Å². The first-order valence-electron chi connectivity index (χ1n) is 5.39. The summed E-state index contributed by atoms with van der Waals surface area (Å²) in [6.07, 6.45) is -0.696. The maximum Gasteiger partial charge on any atom is 0.303 e. The summed E-state index contributed by atoms with van der Waals surface area (Å²) in [5, 5.41) is 21.5. The molecule has 10 nitrogen and oxygen atoms in total. The molecule has 0 bridgehead atoms. The molecule has 2 amide bonds. The largest absolute Gasteiger partial charge is 0.481 e. The zero-order chi connectivity index (χ0) is 14.0. The maximum atomic E-state index is 11.0. The second-order valence-electron chi connectivity index (χ2n) is 3.49. The minimum absolute atomic E-state index is 0. The maximum absolute atomic E-state index is 11.0. The standard InChI is InChI=1S/C10H16N2O6.2H3N/c13-7(1-3-9(15)16)11-5-6-12-8(14)2-4-10(17)18;;/h1-6H2,(H,11,13)(H,12,14)(H,15,16)(H,17,18);2*1H3/p+2. The van der Waals surface area contributed by atoms with Crippen molar-refractivity contribution in [3.63, 3.8) is 0 Å². The predicted molar refractivity (Wildman–Crippen MR) is 71.7 cm³/mol. The quantitative estimate of drug-likeness (QED) is 0.314. The van der Waals surface area contributed by atoms with E-state index in [9.17, 15) is 19.2 Å². The molecular formula is C10H24N4O6+2. The van der Waals surface area contributed by atoms with Gasteiger partial charge in [-0.05, 0) is 0 Å². The topological polar surface area (TPSA) is 206 Å². The number of carboxylic acid groups (broad SMARTS) is 2. The van der Waals surface area contributed by atoms with E-state index in [1.54, 1.807) is 0 Å². The van der Waals surface area contributed by atoms with Gasteiger partial charge in [-0.1, -0.05) is 0 Å². The monoisotopic (exact) mass is 296 g/mol. The van der Waals surface area contributed by atoms with Crippen molar-refractivity contribution in [2.24, 2.45) is 0 Å². The van der Waals surface area contributed by atoms with Crippen LogP contribution in [0.4, 0.5) is 0 Å². The minimum Gasteiger partial charge on any atom is -0.481 e. The van der Waals surface area contributed by atoms with Gasteiger partial charge in [-0.15, -0.1) is 0 Å². The van der Waals surface area contributed by atoms with Gasteiger partial charge in [0.05, 0.1) is 12.8 Å². The number of rotatable bonds is 9. The lowest BCUT2D eigenvalue weighted by Crippen LogP contribution is -2.34. The summed E-state index contributed by atoms with van der Waals surface area (Å²) >= 11 is 0. The molecule has 0 atom stereocenters. The Morgan fingerprint density at radius 2 is 0.950 bits per heavy atom. The van der Waals surface area contributed by atoms with E-state index < -0.39 is 23.8 Å². The number of carboxylic acids is 2. The molecule has 0 aromatic heterocycles. The zero-order valence-electron chi connectivity index (χ0n) is 11.8. The Morgan fingerprint density at radius 3 is 1.20 bits per heavy atom. The van der Waals surface area contributed by atoms with Crippen LogP contribution in [0.15, 0.2) is 0 Å². The Kier molecular flexibility index (Phi) is 15.2. The summed E-state index contributed by atoms with van der Waals surface area (Å²) in [5.74, 6) is -2.91. The van der Waals surface area contributed by atoms with Crippen molar-refractivity contribution in [3.05, 3.63) is 0 Å². The molecule has 0 aliphatic rings. The van der Waals surface area contributed by atoms with Crippen LogP contribution < -0.4 is 22.9 Å². The third-order valence-corrected chi connectivity index (χ3v) is 1.90. The summed E-state index contributed by atoms with van der Waals surface area (Å²) in [5.41, 5.74) is 0. The van der Waals surface area contributed by atoms with Crippen molar-refractivity contribution in [1.29, 1.82) is 0 Å². The first kappa shape index (κ1) is 22.9. The highest BCUT2D eigenvalue weighted by atomic mass is 16.4. The van der Waals surface area contributed by atoms with E-state index in [-0.39, 0.29) is 51.1 Å². The molecule has 0 spiro atoms. The number of amides is 2. The molecule has 0 aromatic carbocycles. The Hall–Kier alpha value is -2.20. The van der Waals surface area contributed by atoms with Gasteiger partial charge in [-0.25, -0.2) is 0 Å². The van der Waals surface area contributed by atoms with Gasteiger partial charge >= 0.3 is 11.9 Å². The summed E-state index contributed by atoms with van der Waals surface area (Å²) in [6, 6.07) is 0. The average molecular weight is 296 g/mol. The molecule has 0 rings (SSSR count). The van der Waals surface area contributed by atoms with E-state index >= 15 is 0 Å². The minimum atomic E-state index is -1.05. The second kappa shape index (κ2) is 13.2. The molecule has 12 N–H and O–H groups in total. The van der Waals surface area contributed by atoms with Crippen molar-refractivity contribution in [2.75, 3.05) is 13.1 Å². The molecular weight excluding hydrogens is 272 g/mol. The van der Waals surface area contributed by atoms with Crippen molar-refractivity contribution in [2.45, 2.75) is 25.7 Å². The molecule has 0 aliphatic heterocycles. The molecule has 0 heterocycles. The molecule has 0 fully saturated rings. The zero-order valence-corrected chi connectivity index (χ0v) is 11.8. The van der Waals surface area contributed by atoms with Crippen LogP contribution in [0.25, 0.3) is 0 Å². The molecule has 0 saturated carbocycles. The Balaban J connectivity index is -0.00000144. The predicted octanol–water partition coefficient (Wildman–Crippen LogP) is -0.299. The van der Waals surface area contributed by atoms with Gasteiger partial charge in [0.2, 0.25) is 11.8 Å². The van der Waals surface area contributed by atoms with Gasteiger partial charge < -0.3 is 33.1 Å². The lowest BCUT2D eigenvalue weighted by molar-refractivity contribution is -0.139. The number of carbonyl (C=O) groups is 4. The first-order chi connectivity index (χ1) is 8.41. The van der Waals surface area contributed by atoms with Crippen LogP contribution in [0.3, 0.4) is 0 Å². The van der Waals surface area contributed by atoms with Gasteiger partial charge in [0.25, 0.3) is 0 Å². The third kappa shape index (κ3) is 15.8. The molecule has 0 aromatic rings. The number of aliphatic carboxylic acids is 2. The summed E-state index contributed by atoms with van der Waals surface area (Å²) in [7, 11) is 0. The third-order valence-electron chi connectivity index (χ3n) is 1.90. The Morgan fingerprint density at radius 1 is 0.650 bits per heavy atom. The number of carbonyl (C=O) groups excluding carboxylic acids is 2. The SMILES string of the molecule is O=C(O)CCC(=O)NCCNC(=O)CCC(=O)O.[NH4+].[NH4+]. The van der Waals surface area contributed by atoms with Crippen molar-refractivity contribution >= 4 is 23.8 Å². The molecule has 0 saturated heterocycles. The van der Waals surface area contributed by atoms with Crippen molar-refractivity contribution in [1.82, 2.24) is 22.9 Å². The van der Waals surface area contributed by atoms with Gasteiger partial charge in [-0.2, -0.15) is 0 Å². The highest BCUT2D eigenvalue weighted by Crippen LogP contribution is 1.89. The van der Waals surface area contributed by atoms with Crippen LogP contribution in [-0.2, 0) is 19.2 Å². The van der Waals surface area contributed by atoms with E-state index in [0.29, 0.717) is 0 Å². The normalized spacial score (nSPS) is 8.60. The Labute approximate surface area is 116 Å². The van der Waals surface area contributed by atoms with Crippen molar-refractivity contribution < 1.29 is 29.4 Å². The highest BCUT2D eigenvalue weighted by Gasteiger charge is 2.06. The fourth-order valence-corrected chi connectivity index (χ4v) is 1.02. The average Bonchev–Trinajstić information content (AvgIpc) is 2.29. The fraction of sp³-hybridized carbons (Fsp3) is 0.600. The van der Waals surface area contributed by atoms with Crippen LogP contribution in [0.5, 0.6) is 0 Å². The number of hydrogen-bond donors (Lipinski definition) is 6. The van der Waals surface area contributed by atoms with Crippen LogP contribution >= 0.6 is 0 Å². The molecule has 20 heavy (non-hydrogen) atoms. The smallest absolute Gasteiger partial charge is 0.303 e. The first-order valence-corrected chi connectivity index (χ1v) is 5.39. The molecule has 0 radical (unpaired) electrons. The number of nitrogens with one attached hydrogen (secondary N) is 2. The summed E-state index contributed by atoms with van der Waals surface area (Å²) in [4.78, 5) is 42.4. The number of hydrogen-bond acceptors (Lipinski definition) is 4. The lowest BCUT2D eigenvalue weighted by Gasteiger charge is -2.05. The van der Waals surface area contributed by atoms with Crippen LogP contribution in [0.2, 0.25) is 0 Å². The fourth-order valence-electron chi connectivity index (χ4n) is 1.02. The Bertz CT molecular complexity index is 302. The molecule has 0 aliphatic carbocycles. The van der Waals surface area contributed by atoms with Crippen molar-refractivity contribution in [3.8, 4) is 0 Å². The van der Waals surface area contributed by atoms with Crippen LogP contribution in [0.1, 0.15) is 25.7 Å². The van der Waals surface area contributed by atoms with Gasteiger partial charge in [0, 0.05) is 25.9 Å². The second-order valence-corrected chi connectivity index (χ2v) is 3.49. The summed E-state index contributed by atoms with van der Waals surface area (Å²) < 4.78 is 0. The number of quaternary nitrogens is 2. The summed E-state index contributed by atoms with van der Waals surface area (Å²) in [6.45, 7) is 0.356. The van der Waals surface area contributed by atoms with Gasteiger partial charge in [0.1, 0.15) is 0 Å². The van der Waals surface area contributed by atoms with E-state index in [1.807, 2.05) is 0 Å². The van der Waals surface area contributed by atoms with Crippen LogP contribution in [-0.4, -0.2) is 47.1 Å². The molecule has 10 heteroatoms. The van der Waals surface area contributed by atoms with E-state index in [1.165, 1.54) is 0 Å². The van der Waals surface area contributed by atoms with E-state index in [0.717, 1.165) is 0 Å². The lowest BCUT2D eigenvalue weighted by atomic mass is 10.3. The molecule has 118 valence electrons. The van der Waals surface area contributed by atoms with Gasteiger partial charge in [-0.3, -0.25) is 19.2 Å². The van der Waals surface area contributed by atoms with E-state index in [4.69, 9.17) is 10.2 Å². The molecule has 0 unspecified atom stereocenters. The van der Waals surface area contributed by atoms with E-state index in [2.05, 4.69) is 10.6 Å². The highest BCUT2D eigenvalue weighted by molar-refractivity contribution is 5.81. The van der Waals surface area contributed by atoms with Gasteiger partial charge in [0.15, 0.2) is 0 Å².